The monoisotopic (exact) mass is 718 g/mol. The van der Waals surface area contributed by atoms with E-state index in [9.17, 15) is 14.4 Å². The number of Topliss-reactive ketones (excluding diaryl/α,β-unsaturated/α-hetero) is 2. The van der Waals surface area contributed by atoms with Crippen LogP contribution in [0.15, 0.2) is 170 Å². The van der Waals surface area contributed by atoms with E-state index in [1.807, 2.05) is 55.5 Å². The third kappa shape index (κ3) is 7.87. The van der Waals surface area contributed by atoms with Gasteiger partial charge in [0, 0.05) is 66.6 Å². The minimum Gasteiger partial charge on any atom is -0.358 e. The zero-order valence-electron chi connectivity index (χ0n) is 30.4. The number of aromatic amines is 3. The van der Waals surface area contributed by atoms with Crippen LogP contribution < -0.4 is 0 Å². The highest BCUT2D eigenvalue weighted by atomic mass is 16.2. The lowest BCUT2D eigenvalue weighted by atomic mass is 10.0. The number of aldehydes is 1. The molecule has 0 radical (unpaired) electrons. The number of benzene rings is 6. The molecule has 3 N–H and O–H groups in total. The highest BCUT2D eigenvalue weighted by Crippen LogP contribution is 2.36. The molecule has 9 rings (SSSR count). The van der Waals surface area contributed by atoms with E-state index in [4.69, 9.17) is 4.98 Å². The summed E-state index contributed by atoms with van der Waals surface area (Å²) in [6.45, 7) is 4.01. The predicted octanol–water partition coefficient (Wildman–Crippen LogP) is 11.2. The van der Waals surface area contributed by atoms with Crippen LogP contribution in [0, 0.1) is 13.8 Å². The van der Waals surface area contributed by atoms with Crippen LogP contribution in [0.1, 0.15) is 42.5 Å². The van der Waals surface area contributed by atoms with E-state index in [-0.39, 0.29) is 0 Å². The standard InChI is InChI=1S/C24H19N3.C14H10O2.C10H9NO/c1-16-21(19-14-8-9-15-20(19)25-16)24-26-22(17-10-4-2-5-11-17)23(27-24)18-12-6-3-7-13-18;15-13(11-7-3-1-4-8-11)14(16)12-9-5-2-6-10-12;1-7-9(6-12)8-4-2-3-5-10(8)11-7/h2-15,25H,1H3,(H,26,27);1-10H;2-6,11H,1H3. The first-order valence-electron chi connectivity index (χ1n) is 17.9. The average Bonchev–Trinajstić information content (AvgIpc) is 3.93. The smallest absolute Gasteiger partial charge is 0.233 e. The number of rotatable bonds is 7. The topological polar surface area (TPSA) is 111 Å². The number of carbonyl (C=O) groups is 3. The van der Waals surface area contributed by atoms with Gasteiger partial charge >= 0.3 is 0 Å². The highest BCUT2D eigenvalue weighted by Gasteiger charge is 2.19. The molecule has 0 saturated heterocycles. The molecular formula is C48H38N4O3. The second-order valence-electron chi connectivity index (χ2n) is 12.9. The first-order chi connectivity index (χ1) is 26.9. The maximum absolute atomic E-state index is 11.8. The molecule has 0 spiro atoms. The van der Waals surface area contributed by atoms with Crippen molar-refractivity contribution in [1.82, 2.24) is 19.9 Å². The maximum Gasteiger partial charge on any atom is 0.233 e. The largest absolute Gasteiger partial charge is 0.358 e. The number of aryl methyl sites for hydroxylation is 2. The van der Waals surface area contributed by atoms with Crippen molar-refractivity contribution in [2.24, 2.45) is 0 Å². The van der Waals surface area contributed by atoms with E-state index in [0.29, 0.717) is 11.1 Å². The second kappa shape index (κ2) is 16.5. The number of imidazole rings is 1. The molecule has 6 aromatic carbocycles. The first kappa shape index (κ1) is 36.0. The summed E-state index contributed by atoms with van der Waals surface area (Å²) in [5.41, 5.74) is 11.2. The number of fused-ring (bicyclic) bond motifs is 2. The van der Waals surface area contributed by atoms with Gasteiger partial charge in [-0.1, -0.05) is 158 Å². The molecular weight excluding hydrogens is 681 g/mol. The molecule has 7 nitrogen and oxygen atoms in total. The lowest BCUT2D eigenvalue weighted by Crippen LogP contribution is -2.14. The van der Waals surface area contributed by atoms with Crippen molar-refractivity contribution in [2.45, 2.75) is 13.8 Å². The minimum atomic E-state index is -0.466. The summed E-state index contributed by atoms with van der Waals surface area (Å²) in [6, 6.07) is 54.0. The predicted molar refractivity (Wildman–Crippen MR) is 221 cm³/mol. The van der Waals surface area contributed by atoms with Gasteiger partial charge in [0.2, 0.25) is 11.6 Å². The number of hydrogen-bond donors (Lipinski definition) is 3. The van der Waals surface area contributed by atoms with Crippen LogP contribution in [0.2, 0.25) is 0 Å². The second-order valence-corrected chi connectivity index (χ2v) is 12.9. The summed E-state index contributed by atoms with van der Waals surface area (Å²) in [5, 5.41) is 2.19. The number of ketones is 2. The Kier molecular flexibility index (Phi) is 10.8. The fraction of sp³-hybridized carbons (Fsp3) is 0.0417. The molecule has 268 valence electrons. The molecule has 0 atom stereocenters. The van der Waals surface area contributed by atoms with Gasteiger partial charge < -0.3 is 15.0 Å². The van der Waals surface area contributed by atoms with Gasteiger partial charge in [0.1, 0.15) is 5.82 Å². The molecule has 3 heterocycles. The molecule has 0 saturated carbocycles. The van der Waals surface area contributed by atoms with Crippen LogP contribution in [0.3, 0.4) is 0 Å². The quantitative estimate of drug-likeness (QED) is 0.0865. The van der Waals surface area contributed by atoms with Crippen molar-refractivity contribution in [3.63, 3.8) is 0 Å². The Labute approximate surface area is 318 Å². The van der Waals surface area contributed by atoms with Gasteiger partial charge in [-0.25, -0.2) is 4.98 Å². The molecule has 0 fully saturated rings. The molecule has 7 heteroatoms. The van der Waals surface area contributed by atoms with E-state index in [2.05, 4.69) is 94.7 Å². The molecule has 3 aromatic heterocycles. The fourth-order valence-corrected chi connectivity index (χ4v) is 6.58. The Balaban J connectivity index is 0.000000141. The molecule has 0 aliphatic heterocycles. The zero-order chi connectivity index (χ0) is 38.1. The molecule has 0 unspecified atom stereocenters. The van der Waals surface area contributed by atoms with E-state index in [0.717, 1.165) is 73.6 Å². The van der Waals surface area contributed by atoms with E-state index >= 15 is 0 Å². The number of aromatic nitrogens is 4. The Bertz CT molecular complexity index is 2600. The number of nitrogens with one attached hydrogen (secondary N) is 3. The van der Waals surface area contributed by atoms with Crippen molar-refractivity contribution in [3.05, 3.63) is 198 Å². The lowest BCUT2D eigenvalue weighted by molar-refractivity contribution is 0.0817. The van der Waals surface area contributed by atoms with Gasteiger partial charge in [-0.3, -0.25) is 14.4 Å². The molecule has 0 aliphatic rings. The SMILES string of the molecule is Cc1[nH]c2ccccc2c1-c1nc(-c2ccccc2)c(-c2ccccc2)[nH]1.Cc1[nH]c2ccccc2c1C=O.O=C(C(=O)c1ccccc1)c1ccccc1. The van der Waals surface area contributed by atoms with Crippen LogP contribution >= 0.6 is 0 Å². The van der Waals surface area contributed by atoms with Gasteiger partial charge in [0.15, 0.2) is 6.29 Å². The Hall–Kier alpha value is -7.38. The minimum absolute atomic E-state index is 0.427. The van der Waals surface area contributed by atoms with E-state index in [1.54, 1.807) is 48.5 Å². The van der Waals surface area contributed by atoms with Gasteiger partial charge in [-0.05, 0) is 26.0 Å². The normalized spacial score (nSPS) is 10.6. The van der Waals surface area contributed by atoms with Crippen LogP contribution in [-0.2, 0) is 0 Å². The van der Waals surface area contributed by atoms with Gasteiger partial charge in [-0.2, -0.15) is 0 Å². The third-order valence-corrected chi connectivity index (χ3v) is 9.28. The average molecular weight is 719 g/mol. The Morgan fingerprint density at radius 2 is 0.927 bits per heavy atom. The van der Waals surface area contributed by atoms with Crippen molar-refractivity contribution in [1.29, 1.82) is 0 Å². The number of para-hydroxylation sites is 2. The highest BCUT2D eigenvalue weighted by molar-refractivity contribution is 6.49. The summed E-state index contributed by atoms with van der Waals surface area (Å²) < 4.78 is 0. The third-order valence-electron chi connectivity index (χ3n) is 9.28. The summed E-state index contributed by atoms with van der Waals surface area (Å²) >= 11 is 0. The summed E-state index contributed by atoms with van der Waals surface area (Å²) in [6.07, 6.45) is 0.897. The Morgan fingerprint density at radius 1 is 0.491 bits per heavy atom. The van der Waals surface area contributed by atoms with E-state index < -0.39 is 11.6 Å². The Morgan fingerprint density at radius 3 is 1.47 bits per heavy atom. The molecule has 0 bridgehead atoms. The maximum atomic E-state index is 11.8. The number of carbonyl (C=O) groups excluding carboxylic acids is 3. The van der Waals surface area contributed by atoms with Gasteiger partial charge in [0.05, 0.1) is 11.4 Å². The molecule has 0 amide bonds. The number of nitrogens with zero attached hydrogens (tertiary/aromatic N) is 1. The fourth-order valence-electron chi connectivity index (χ4n) is 6.58. The van der Waals surface area contributed by atoms with Gasteiger partial charge in [0.25, 0.3) is 0 Å². The van der Waals surface area contributed by atoms with Crippen molar-refractivity contribution in [3.8, 4) is 33.9 Å². The summed E-state index contributed by atoms with van der Waals surface area (Å²) in [4.78, 5) is 49.5. The summed E-state index contributed by atoms with van der Waals surface area (Å²) in [5.74, 6) is -0.0405. The van der Waals surface area contributed by atoms with E-state index in [1.165, 1.54) is 5.39 Å². The van der Waals surface area contributed by atoms with Crippen LogP contribution in [0.25, 0.3) is 55.7 Å². The molecule has 0 aliphatic carbocycles. The number of hydrogen-bond acceptors (Lipinski definition) is 4. The van der Waals surface area contributed by atoms with Gasteiger partial charge in [-0.15, -0.1) is 0 Å². The zero-order valence-corrected chi connectivity index (χ0v) is 30.4. The first-order valence-corrected chi connectivity index (χ1v) is 17.9. The van der Waals surface area contributed by atoms with Crippen molar-refractivity contribution < 1.29 is 14.4 Å². The van der Waals surface area contributed by atoms with Crippen LogP contribution in [0.4, 0.5) is 0 Å². The van der Waals surface area contributed by atoms with Crippen LogP contribution in [-0.4, -0.2) is 37.8 Å². The molecule has 9 aromatic rings. The van der Waals surface area contributed by atoms with Crippen molar-refractivity contribution >= 4 is 39.7 Å². The van der Waals surface area contributed by atoms with Crippen molar-refractivity contribution in [2.75, 3.05) is 0 Å². The molecule has 55 heavy (non-hydrogen) atoms. The summed E-state index contributed by atoms with van der Waals surface area (Å²) in [7, 11) is 0. The lowest BCUT2D eigenvalue weighted by Gasteiger charge is -2.02. The van der Waals surface area contributed by atoms with Crippen LogP contribution in [0.5, 0.6) is 0 Å². The number of H-pyrrole nitrogens is 3.